The Kier molecular flexibility index (Phi) is 3.49. The van der Waals surface area contributed by atoms with Gasteiger partial charge >= 0.3 is 0 Å². The smallest absolute Gasteiger partial charge is 0.253 e. The van der Waals surface area contributed by atoms with E-state index in [1.807, 2.05) is 0 Å². The molecule has 0 radical (unpaired) electrons. The van der Waals surface area contributed by atoms with Crippen LogP contribution in [0.1, 0.15) is 16.8 Å². The van der Waals surface area contributed by atoms with E-state index in [1.165, 1.54) is 0 Å². The number of nitrogens with one attached hydrogen (secondary N) is 1. The van der Waals surface area contributed by atoms with Gasteiger partial charge in [-0.2, -0.15) is 0 Å². The van der Waals surface area contributed by atoms with Crippen LogP contribution < -0.4 is 16.8 Å². The van der Waals surface area contributed by atoms with E-state index in [2.05, 4.69) is 5.32 Å². The molecule has 1 atom stereocenters. The number of amides is 1. The van der Waals surface area contributed by atoms with E-state index < -0.39 is 0 Å². The summed E-state index contributed by atoms with van der Waals surface area (Å²) < 4.78 is 5.24. The first-order valence-corrected chi connectivity index (χ1v) is 5.68. The van der Waals surface area contributed by atoms with E-state index in [9.17, 15) is 4.79 Å². The highest BCUT2D eigenvalue weighted by atomic mass is 16.5. The number of anilines is 2. The van der Waals surface area contributed by atoms with Gasteiger partial charge in [0.05, 0.1) is 12.2 Å². The summed E-state index contributed by atoms with van der Waals surface area (Å²) in [5.74, 6) is 0.253. The lowest BCUT2D eigenvalue weighted by atomic mass is 10.1. The lowest BCUT2D eigenvalue weighted by Crippen LogP contribution is -2.30. The molecule has 1 aliphatic rings. The number of hydrogen-bond acceptors (Lipinski definition) is 4. The van der Waals surface area contributed by atoms with Crippen molar-refractivity contribution < 1.29 is 9.53 Å². The monoisotopic (exact) mass is 235 g/mol. The molecule has 0 bridgehead atoms. The number of carbonyl (C=O) groups is 1. The summed E-state index contributed by atoms with van der Waals surface area (Å²) in [6, 6.07) is 4.91. The van der Waals surface area contributed by atoms with Crippen molar-refractivity contribution in [3.8, 4) is 0 Å². The van der Waals surface area contributed by atoms with Crippen LogP contribution in [-0.2, 0) is 4.74 Å². The quantitative estimate of drug-likeness (QED) is 0.670. The number of benzene rings is 1. The second kappa shape index (κ2) is 5.05. The molecule has 1 saturated heterocycles. The van der Waals surface area contributed by atoms with Crippen LogP contribution in [0, 0.1) is 5.92 Å². The van der Waals surface area contributed by atoms with E-state index in [4.69, 9.17) is 16.2 Å². The Morgan fingerprint density at radius 2 is 2.29 bits per heavy atom. The van der Waals surface area contributed by atoms with Crippen LogP contribution in [0.4, 0.5) is 11.4 Å². The van der Waals surface area contributed by atoms with Gasteiger partial charge in [-0.25, -0.2) is 0 Å². The minimum atomic E-state index is -0.158. The summed E-state index contributed by atoms with van der Waals surface area (Å²) in [7, 11) is 0. The zero-order valence-electron chi connectivity index (χ0n) is 9.61. The predicted molar refractivity (Wildman–Crippen MR) is 66.5 cm³/mol. The van der Waals surface area contributed by atoms with Crippen LogP contribution in [0.3, 0.4) is 0 Å². The Labute approximate surface area is 100 Å². The van der Waals surface area contributed by atoms with Crippen molar-refractivity contribution in [2.75, 3.05) is 31.2 Å². The molecule has 92 valence electrons. The molecule has 1 fully saturated rings. The third kappa shape index (κ3) is 2.88. The van der Waals surface area contributed by atoms with Crippen molar-refractivity contribution in [3.05, 3.63) is 23.8 Å². The molecule has 0 aliphatic carbocycles. The molecular formula is C12H17N3O2. The predicted octanol–water partition coefficient (Wildman–Crippen LogP) is 0.617. The number of nitrogens with two attached hydrogens (primary N) is 2. The van der Waals surface area contributed by atoms with Crippen molar-refractivity contribution in [1.29, 1.82) is 0 Å². The fourth-order valence-corrected chi connectivity index (χ4v) is 1.86. The van der Waals surface area contributed by atoms with E-state index in [1.54, 1.807) is 18.2 Å². The van der Waals surface area contributed by atoms with Crippen molar-refractivity contribution in [2.24, 2.45) is 5.92 Å². The fraction of sp³-hybridized carbons (Fsp3) is 0.417. The zero-order chi connectivity index (χ0) is 12.3. The first-order valence-electron chi connectivity index (χ1n) is 5.68. The molecule has 5 N–H and O–H groups in total. The van der Waals surface area contributed by atoms with Gasteiger partial charge in [0.1, 0.15) is 0 Å². The Hall–Kier alpha value is -1.75. The van der Waals surface area contributed by atoms with Crippen molar-refractivity contribution >= 4 is 17.3 Å². The van der Waals surface area contributed by atoms with Gasteiger partial charge in [-0.3, -0.25) is 4.79 Å². The molecule has 0 aromatic heterocycles. The average Bonchev–Trinajstić information content (AvgIpc) is 2.78. The molecule has 1 amide bonds. The Bertz CT molecular complexity index is 414. The molecule has 1 heterocycles. The summed E-state index contributed by atoms with van der Waals surface area (Å²) in [6.45, 7) is 2.13. The molecule has 1 aromatic rings. The van der Waals surface area contributed by atoms with Gasteiger partial charge in [0.15, 0.2) is 0 Å². The van der Waals surface area contributed by atoms with Crippen LogP contribution in [0.15, 0.2) is 18.2 Å². The highest BCUT2D eigenvalue weighted by Gasteiger charge is 2.17. The third-order valence-corrected chi connectivity index (χ3v) is 2.90. The molecular weight excluding hydrogens is 218 g/mol. The number of ether oxygens (including phenoxy) is 1. The molecule has 5 nitrogen and oxygen atoms in total. The highest BCUT2D eigenvalue weighted by molar-refractivity contribution is 5.99. The summed E-state index contributed by atoms with van der Waals surface area (Å²) >= 11 is 0. The van der Waals surface area contributed by atoms with E-state index >= 15 is 0 Å². The van der Waals surface area contributed by atoms with Crippen LogP contribution in [0.25, 0.3) is 0 Å². The second-order valence-corrected chi connectivity index (χ2v) is 4.29. The SMILES string of the molecule is Nc1ccc(C(=O)NCC2CCOC2)c(N)c1. The third-order valence-electron chi connectivity index (χ3n) is 2.90. The zero-order valence-corrected chi connectivity index (χ0v) is 9.61. The van der Waals surface area contributed by atoms with Crippen molar-refractivity contribution in [1.82, 2.24) is 5.32 Å². The standard InChI is InChI=1S/C12H17N3O2/c13-9-1-2-10(11(14)5-9)12(16)15-6-8-3-4-17-7-8/h1-2,5,8H,3-4,6-7,13-14H2,(H,15,16). The largest absolute Gasteiger partial charge is 0.399 e. The maximum Gasteiger partial charge on any atom is 0.253 e. The van der Waals surface area contributed by atoms with Gasteiger partial charge in [0.25, 0.3) is 5.91 Å². The lowest BCUT2D eigenvalue weighted by Gasteiger charge is -2.11. The topological polar surface area (TPSA) is 90.4 Å². The highest BCUT2D eigenvalue weighted by Crippen LogP contribution is 2.16. The molecule has 1 aliphatic heterocycles. The molecule has 0 spiro atoms. The molecule has 1 aromatic carbocycles. The number of rotatable bonds is 3. The first-order chi connectivity index (χ1) is 8.16. The van der Waals surface area contributed by atoms with Crippen LogP contribution >= 0.6 is 0 Å². The van der Waals surface area contributed by atoms with Gasteiger partial charge in [-0.15, -0.1) is 0 Å². The molecule has 0 saturated carbocycles. The fourth-order valence-electron chi connectivity index (χ4n) is 1.86. The Balaban J connectivity index is 1.94. The van der Waals surface area contributed by atoms with E-state index in [-0.39, 0.29) is 5.91 Å². The molecule has 2 rings (SSSR count). The number of nitrogen functional groups attached to an aromatic ring is 2. The van der Waals surface area contributed by atoms with Gasteiger partial charge in [0.2, 0.25) is 0 Å². The number of hydrogen-bond donors (Lipinski definition) is 3. The maximum atomic E-state index is 11.9. The van der Waals surface area contributed by atoms with Gasteiger partial charge in [-0.1, -0.05) is 0 Å². The molecule has 1 unspecified atom stereocenters. The summed E-state index contributed by atoms with van der Waals surface area (Å²) in [4.78, 5) is 11.9. The molecule has 17 heavy (non-hydrogen) atoms. The maximum absolute atomic E-state index is 11.9. The first kappa shape index (κ1) is 11.7. The minimum absolute atomic E-state index is 0.158. The second-order valence-electron chi connectivity index (χ2n) is 4.29. The van der Waals surface area contributed by atoms with Crippen molar-refractivity contribution in [2.45, 2.75) is 6.42 Å². The lowest BCUT2D eigenvalue weighted by molar-refractivity contribution is 0.0946. The van der Waals surface area contributed by atoms with Gasteiger partial charge in [0, 0.05) is 30.4 Å². The summed E-state index contributed by atoms with van der Waals surface area (Å²) in [5, 5.41) is 2.86. The summed E-state index contributed by atoms with van der Waals surface area (Å²) in [6.07, 6.45) is 0.998. The Morgan fingerprint density at radius 3 is 2.94 bits per heavy atom. The Morgan fingerprint density at radius 1 is 1.47 bits per heavy atom. The van der Waals surface area contributed by atoms with Crippen LogP contribution in [-0.4, -0.2) is 25.7 Å². The normalized spacial score (nSPS) is 19.2. The molecule has 5 heteroatoms. The van der Waals surface area contributed by atoms with E-state index in [0.29, 0.717) is 29.4 Å². The van der Waals surface area contributed by atoms with Crippen molar-refractivity contribution in [3.63, 3.8) is 0 Å². The van der Waals surface area contributed by atoms with Gasteiger partial charge < -0.3 is 21.5 Å². The van der Waals surface area contributed by atoms with Gasteiger partial charge in [-0.05, 0) is 24.6 Å². The van der Waals surface area contributed by atoms with Crippen LogP contribution in [0.2, 0.25) is 0 Å². The van der Waals surface area contributed by atoms with E-state index in [0.717, 1.165) is 19.6 Å². The minimum Gasteiger partial charge on any atom is -0.399 e. The average molecular weight is 235 g/mol. The number of carbonyl (C=O) groups excluding carboxylic acids is 1. The summed E-state index contributed by atoms with van der Waals surface area (Å²) in [5.41, 5.74) is 12.8. The van der Waals surface area contributed by atoms with Crippen LogP contribution in [0.5, 0.6) is 0 Å².